The van der Waals surface area contributed by atoms with Gasteiger partial charge in [0.15, 0.2) is 11.5 Å². The molecule has 4 amide bonds. The lowest BCUT2D eigenvalue weighted by Gasteiger charge is -2.28. The number of phenolic OH excluding ortho intramolecular Hbond substituents is 1. The molecular weight excluding hydrogens is 543 g/mol. The van der Waals surface area contributed by atoms with Crippen LogP contribution in [0, 0.1) is 3.57 Å². The van der Waals surface area contributed by atoms with E-state index in [0.717, 1.165) is 4.90 Å². The Bertz CT molecular complexity index is 1130. The van der Waals surface area contributed by atoms with Crippen molar-refractivity contribution in [1.82, 2.24) is 5.32 Å². The van der Waals surface area contributed by atoms with Gasteiger partial charge in [-0.1, -0.05) is 11.6 Å². The van der Waals surface area contributed by atoms with E-state index in [1.54, 1.807) is 6.07 Å². The summed E-state index contributed by atoms with van der Waals surface area (Å²) in [5.74, 6) is -1.31. The van der Waals surface area contributed by atoms with E-state index in [0.29, 0.717) is 9.13 Å². The summed E-state index contributed by atoms with van der Waals surface area (Å²) >= 11 is 7.99. The summed E-state index contributed by atoms with van der Waals surface area (Å²) in [6.45, 7) is 0. The van der Waals surface area contributed by atoms with E-state index in [1.165, 1.54) is 45.6 Å². The number of hydrogen-bond donors (Lipinski definition) is 2. The third kappa shape index (κ3) is 4.26. The minimum atomic E-state index is -0.951. The van der Waals surface area contributed by atoms with E-state index in [9.17, 15) is 19.5 Å². The zero-order chi connectivity index (χ0) is 22.9. The summed E-state index contributed by atoms with van der Waals surface area (Å²) in [5.41, 5.74) is 0.147. The summed E-state index contributed by atoms with van der Waals surface area (Å²) in [4.78, 5) is 38.9. The third-order valence-electron chi connectivity index (χ3n) is 4.38. The van der Waals surface area contributed by atoms with Gasteiger partial charge in [-0.3, -0.25) is 14.9 Å². The molecule has 0 atom stereocenters. The first-order chi connectivity index (χ1) is 14.7. The number of hydrogen-bond acceptors (Lipinski definition) is 7. The molecule has 2 N–H and O–H groups in total. The van der Waals surface area contributed by atoms with E-state index < -0.39 is 17.8 Å². The second-order valence-electron chi connectivity index (χ2n) is 6.17. The zero-order valence-electron chi connectivity index (χ0n) is 16.5. The predicted molar refractivity (Wildman–Crippen MR) is 121 cm³/mol. The normalized spacial score (nSPS) is 15.2. The van der Waals surface area contributed by atoms with Crippen molar-refractivity contribution in [2.24, 2.45) is 0 Å². The lowest BCUT2D eigenvalue weighted by atomic mass is 10.1. The average Bonchev–Trinajstić information content (AvgIpc) is 2.73. The second kappa shape index (κ2) is 9.02. The van der Waals surface area contributed by atoms with Gasteiger partial charge in [-0.25, -0.2) is 9.69 Å². The highest BCUT2D eigenvalue weighted by Crippen LogP contribution is 2.39. The Balaban J connectivity index is 2.12. The summed E-state index contributed by atoms with van der Waals surface area (Å²) < 4.78 is 16.0. The van der Waals surface area contributed by atoms with Crippen LogP contribution in [-0.4, -0.2) is 44.3 Å². The zero-order valence-corrected chi connectivity index (χ0v) is 19.4. The lowest BCUT2D eigenvalue weighted by Crippen LogP contribution is -2.54. The van der Waals surface area contributed by atoms with Crippen molar-refractivity contribution in [1.29, 1.82) is 0 Å². The highest BCUT2D eigenvalue weighted by Gasteiger charge is 2.38. The third-order valence-corrected chi connectivity index (χ3v) is 5.50. The van der Waals surface area contributed by atoms with Crippen LogP contribution in [-0.2, 0) is 9.59 Å². The highest BCUT2D eigenvalue weighted by molar-refractivity contribution is 14.1. The molecule has 0 unspecified atom stereocenters. The number of urea groups is 1. The number of anilines is 1. The number of amides is 4. The second-order valence-corrected chi connectivity index (χ2v) is 7.74. The molecule has 1 heterocycles. The summed E-state index contributed by atoms with van der Waals surface area (Å²) in [5, 5.41) is 12.3. The van der Waals surface area contributed by atoms with Gasteiger partial charge in [0.25, 0.3) is 11.8 Å². The number of halogens is 2. The SMILES string of the molecule is COc1cc(N2C(=O)NC(=O)C(=Cc3cc(I)c(O)c(OC)c3)C2=O)c(OC)cc1Cl. The van der Waals surface area contributed by atoms with Gasteiger partial charge in [-0.15, -0.1) is 0 Å². The Morgan fingerprint density at radius 2 is 1.65 bits per heavy atom. The predicted octanol–water partition coefficient (Wildman–Crippen LogP) is 3.34. The number of rotatable bonds is 5. The molecule has 0 aliphatic carbocycles. The average molecular weight is 559 g/mol. The van der Waals surface area contributed by atoms with Crippen molar-refractivity contribution in [3.05, 3.63) is 44.0 Å². The number of barbiturate groups is 1. The Morgan fingerprint density at radius 3 is 2.26 bits per heavy atom. The van der Waals surface area contributed by atoms with Crippen LogP contribution in [0.25, 0.3) is 6.08 Å². The number of aromatic hydroxyl groups is 1. The van der Waals surface area contributed by atoms with Crippen LogP contribution in [0.1, 0.15) is 5.56 Å². The van der Waals surface area contributed by atoms with Crippen LogP contribution in [0.5, 0.6) is 23.0 Å². The smallest absolute Gasteiger partial charge is 0.336 e. The fraction of sp³-hybridized carbons (Fsp3) is 0.150. The molecule has 162 valence electrons. The Morgan fingerprint density at radius 1 is 1.00 bits per heavy atom. The Hall–Kier alpha value is -2.99. The van der Waals surface area contributed by atoms with E-state index in [-0.39, 0.29) is 39.3 Å². The quantitative estimate of drug-likeness (QED) is 0.329. The molecule has 9 nitrogen and oxygen atoms in total. The number of carbonyl (C=O) groups is 3. The number of ether oxygens (including phenoxy) is 3. The molecule has 11 heteroatoms. The fourth-order valence-corrected chi connectivity index (χ4v) is 3.75. The largest absolute Gasteiger partial charge is 0.504 e. The standard InChI is InChI=1S/C20H16ClIN2O7/c1-29-14-8-13(15(30-2)7-11(14)21)24-19(27)10(18(26)23-20(24)28)4-9-5-12(22)17(25)16(6-9)31-3/h4-8,25H,1-3H3,(H,23,26,28). The molecule has 1 aliphatic heterocycles. The highest BCUT2D eigenvalue weighted by atomic mass is 127. The van der Waals surface area contributed by atoms with E-state index in [2.05, 4.69) is 5.32 Å². The number of benzene rings is 2. The first-order valence-electron chi connectivity index (χ1n) is 8.61. The van der Waals surface area contributed by atoms with Crippen LogP contribution in [0.3, 0.4) is 0 Å². The van der Waals surface area contributed by atoms with Gasteiger partial charge >= 0.3 is 6.03 Å². The molecule has 3 rings (SSSR count). The molecule has 1 aliphatic rings. The van der Waals surface area contributed by atoms with Crippen LogP contribution in [0.15, 0.2) is 29.8 Å². The van der Waals surface area contributed by atoms with Crippen molar-refractivity contribution in [3.63, 3.8) is 0 Å². The maximum absolute atomic E-state index is 13.2. The minimum Gasteiger partial charge on any atom is -0.504 e. The molecule has 0 bridgehead atoms. The van der Waals surface area contributed by atoms with Crippen LogP contribution < -0.4 is 24.4 Å². The molecule has 0 spiro atoms. The van der Waals surface area contributed by atoms with Gasteiger partial charge in [0.1, 0.15) is 17.1 Å². The summed E-state index contributed by atoms with van der Waals surface area (Å²) in [6.07, 6.45) is 1.29. The molecule has 1 fully saturated rings. The van der Waals surface area contributed by atoms with E-state index in [1.807, 2.05) is 22.6 Å². The van der Waals surface area contributed by atoms with Crippen LogP contribution in [0.2, 0.25) is 5.02 Å². The molecule has 1 saturated heterocycles. The minimum absolute atomic E-state index is 0.0440. The Kier molecular flexibility index (Phi) is 6.60. The molecule has 2 aromatic carbocycles. The Labute approximate surface area is 195 Å². The molecule has 2 aromatic rings. The van der Waals surface area contributed by atoms with Gasteiger partial charge in [0.2, 0.25) is 0 Å². The number of phenols is 1. The first-order valence-corrected chi connectivity index (χ1v) is 10.1. The van der Waals surface area contributed by atoms with E-state index >= 15 is 0 Å². The number of nitrogens with zero attached hydrogens (tertiary/aromatic N) is 1. The van der Waals surface area contributed by atoms with Gasteiger partial charge in [-0.05, 0) is 46.4 Å². The van der Waals surface area contributed by atoms with Crippen LogP contribution >= 0.6 is 34.2 Å². The number of nitrogens with one attached hydrogen (secondary N) is 1. The van der Waals surface area contributed by atoms with Gasteiger partial charge in [-0.2, -0.15) is 0 Å². The molecule has 0 saturated carbocycles. The maximum Gasteiger partial charge on any atom is 0.336 e. The maximum atomic E-state index is 13.2. The fourth-order valence-electron chi connectivity index (χ4n) is 2.89. The number of methoxy groups -OCH3 is 3. The van der Waals surface area contributed by atoms with Crippen molar-refractivity contribution < 1.29 is 33.7 Å². The van der Waals surface area contributed by atoms with Crippen molar-refractivity contribution in [3.8, 4) is 23.0 Å². The summed E-state index contributed by atoms with van der Waals surface area (Å²) in [6, 6.07) is 4.81. The monoisotopic (exact) mass is 558 g/mol. The van der Waals surface area contributed by atoms with Crippen molar-refractivity contribution >= 4 is 63.8 Å². The van der Waals surface area contributed by atoms with Crippen molar-refractivity contribution in [2.45, 2.75) is 0 Å². The molecule has 0 radical (unpaired) electrons. The lowest BCUT2D eigenvalue weighted by molar-refractivity contribution is -0.122. The molecule has 31 heavy (non-hydrogen) atoms. The van der Waals surface area contributed by atoms with E-state index in [4.69, 9.17) is 25.8 Å². The van der Waals surface area contributed by atoms with Gasteiger partial charge in [0, 0.05) is 12.1 Å². The topological polar surface area (TPSA) is 114 Å². The van der Waals surface area contributed by atoms with Gasteiger partial charge in [0.05, 0.1) is 35.6 Å². The van der Waals surface area contributed by atoms with Crippen LogP contribution in [0.4, 0.5) is 10.5 Å². The van der Waals surface area contributed by atoms with Crippen molar-refractivity contribution in [2.75, 3.05) is 26.2 Å². The molecular formula is C20H16ClIN2O7. The van der Waals surface area contributed by atoms with Gasteiger partial charge < -0.3 is 19.3 Å². The number of carbonyl (C=O) groups excluding carboxylic acids is 3. The first kappa shape index (κ1) is 22.7. The number of imide groups is 2. The molecule has 0 aromatic heterocycles. The summed E-state index contributed by atoms with van der Waals surface area (Å²) in [7, 11) is 4.10.